The van der Waals surface area contributed by atoms with E-state index in [1.807, 2.05) is 23.1 Å². The van der Waals surface area contributed by atoms with Crippen LogP contribution in [0.1, 0.15) is 24.6 Å². The van der Waals surface area contributed by atoms with Crippen LogP contribution in [0.5, 0.6) is 5.75 Å². The summed E-state index contributed by atoms with van der Waals surface area (Å²) in [4.78, 5) is 16.7. The summed E-state index contributed by atoms with van der Waals surface area (Å²) in [6, 6.07) is 14.4. The number of aromatic nitrogens is 2. The molecule has 3 aromatic rings. The number of hydrogen-bond donors (Lipinski definition) is 2. The molecule has 1 saturated carbocycles. The first-order valence-corrected chi connectivity index (χ1v) is 12.1. The molecule has 1 saturated heterocycles. The Labute approximate surface area is 200 Å². The van der Waals surface area contributed by atoms with Crippen LogP contribution in [0.15, 0.2) is 42.5 Å². The van der Waals surface area contributed by atoms with Crippen molar-refractivity contribution in [1.82, 2.24) is 9.97 Å². The predicted octanol–water partition coefficient (Wildman–Crippen LogP) is 2.63. The second-order valence-corrected chi connectivity index (χ2v) is 8.96. The van der Waals surface area contributed by atoms with E-state index in [9.17, 15) is 10.2 Å². The molecule has 0 unspecified atom stereocenters. The number of aliphatic hydroxyl groups excluding tert-OH is 2. The van der Waals surface area contributed by atoms with Crippen LogP contribution in [-0.4, -0.2) is 79.8 Å². The zero-order valence-corrected chi connectivity index (χ0v) is 19.7. The fraction of sp³-hybridized carbons (Fsp3) is 0.462. The van der Waals surface area contributed by atoms with Gasteiger partial charge in [-0.1, -0.05) is 12.1 Å². The zero-order valence-electron chi connectivity index (χ0n) is 19.7. The highest BCUT2D eigenvalue weighted by Crippen LogP contribution is 2.40. The number of benzene rings is 2. The monoisotopic (exact) mass is 463 g/mol. The summed E-state index contributed by atoms with van der Waals surface area (Å²) in [6.07, 6.45) is 2.32. The van der Waals surface area contributed by atoms with Gasteiger partial charge in [-0.15, -0.1) is 0 Å². The average Bonchev–Trinajstić information content (AvgIpc) is 3.73. The Hall–Kier alpha value is -3.10. The van der Waals surface area contributed by atoms with Crippen molar-refractivity contribution in [1.29, 1.82) is 0 Å². The standard InChI is InChI=1S/C26H33N5O3/c1-34-24-5-3-2-4-23(24)30-10-12-31(13-11-30)26-21-18-20(29(14-16-32)15-17-33)8-9-22(21)27-25(28-26)19-6-7-19/h2-5,8-9,18-19,32-33H,6-7,10-17H2,1H3. The van der Waals surface area contributed by atoms with Crippen molar-refractivity contribution in [3.63, 3.8) is 0 Å². The van der Waals surface area contributed by atoms with Gasteiger partial charge in [-0.05, 0) is 43.2 Å². The molecule has 2 aromatic carbocycles. The van der Waals surface area contributed by atoms with Gasteiger partial charge in [0, 0.05) is 56.3 Å². The minimum Gasteiger partial charge on any atom is -0.495 e. The van der Waals surface area contributed by atoms with Gasteiger partial charge in [-0.25, -0.2) is 9.97 Å². The van der Waals surface area contributed by atoms with Gasteiger partial charge < -0.3 is 29.6 Å². The lowest BCUT2D eigenvalue weighted by molar-refractivity contribution is 0.281. The van der Waals surface area contributed by atoms with E-state index in [-0.39, 0.29) is 13.2 Å². The maximum Gasteiger partial charge on any atom is 0.142 e. The fourth-order valence-corrected chi connectivity index (χ4v) is 4.74. The molecule has 0 radical (unpaired) electrons. The molecule has 0 spiro atoms. The summed E-state index contributed by atoms with van der Waals surface area (Å²) < 4.78 is 5.58. The molecule has 8 nitrogen and oxygen atoms in total. The Kier molecular flexibility index (Phi) is 6.69. The predicted molar refractivity (Wildman–Crippen MR) is 135 cm³/mol. The van der Waals surface area contributed by atoms with Gasteiger partial charge in [-0.2, -0.15) is 0 Å². The summed E-state index contributed by atoms with van der Waals surface area (Å²) >= 11 is 0. The molecule has 5 rings (SSSR count). The molecule has 2 aliphatic rings. The highest BCUT2D eigenvalue weighted by molar-refractivity contribution is 5.92. The van der Waals surface area contributed by atoms with Crippen LogP contribution in [-0.2, 0) is 0 Å². The smallest absolute Gasteiger partial charge is 0.142 e. The zero-order chi connectivity index (χ0) is 23.5. The summed E-state index contributed by atoms with van der Waals surface area (Å²) in [5.41, 5.74) is 3.05. The molecule has 34 heavy (non-hydrogen) atoms. The Balaban J connectivity index is 1.46. The van der Waals surface area contributed by atoms with Gasteiger partial charge in [0.1, 0.15) is 17.4 Å². The average molecular weight is 464 g/mol. The highest BCUT2D eigenvalue weighted by atomic mass is 16.5. The molecule has 0 atom stereocenters. The van der Waals surface area contributed by atoms with Crippen molar-refractivity contribution < 1.29 is 14.9 Å². The molecular weight excluding hydrogens is 430 g/mol. The minimum absolute atomic E-state index is 0.0346. The molecule has 2 fully saturated rings. The van der Waals surface area contributed by atoms with Crippen LogP contribution in [0.4, 0.5) is 17.2 Å². The molecule has 1 aliphatic carbocycles. The highest BCUT2D eigenvalue weighted by Gasteiger charge is 2.29. The first-order chi connectivity index (χ1) is 16.7. The fourth-order valence-electron chi connectivity index (χ4n) is 4.74. The van der Waals surface area contributed by atoms with Crippen LogP contribution in [0.3, 0.4) is 0 Å². The Morgan fingerprint density at radius 2 is 1.65 bits per heavy atom. The Morgan fingerprint density at radius 3 is 2.32 bits per heavy atom. The van der Waals surface area contributed by atoms with Gasteiger partial charge >= 0.3 is 0 Å². The van der Waals surface area contributed by atoms with Gasteiger partial charge in [0.15, 0.2) is 0 Å². The van der Waals surface area contributed by atoms with Gasteiger partial charge in [0.25, 0.3) is 0 Å². The molecule has 180 valence electrons. The van der Waals surface area contributed by atoms with Crippen molar-refractivity contribution in [3.8, 4) is 5.75 Å². The lowest BCUT2D eigenvalue weighted by Crippen LogP contribution is -2.47. The normalized spacial score (nSPS) is 16.2. The maximum absolute atomic E-state index is 9.49. The summed E-state index contributed by atoms with van der Waals surface area (Å²) in [5, 5.41) is 20.0. The number of nitrogens with zero attached hydrogens (tertiary/aromatic N) is 5. The molecule has 2 heterocycles. The van der Waals surface area contributed by atoms with E-state index in [1.165, 1.54) is 0 Å². The van der Waals surface area contributed by atoms with Gasteiger partial charge in [0.2, 0.25) is 0 Å². The molecule has 2 N–H and O–H groups in total. The number of piperazine rings is 1. The lowest BCUT2D eigenvalue weighted by atomic mass is 10.1. The maximum atomic E-state index is 9.49. The second kappa shape index (κ2) is 10.0. The van der Waals surface area contributed by atoms with Crippen LogP contribution in [0, 0.1) is 0 Å². The van der Waals surface area contributed by atoms with E-state index >= 15 is 0 Å². The third-order valence-electron chi connectivity index (χ3n) is 6.73. The van der Waals surface area contributed by atoms with E-state index in [1.54, 1.807) is 7.11 Å². The number of fused-ring (bicyclic) bond motifs is 1. The van der Waals surface area contributed by atoms with E-state index < -0.39 is 0 Å². The lowest BCUT2D eigenvalue weighted by Gasteiger charge is -2.37. The van der Waals surface area contributed by atoms with Crippen molar-refractivity contribution >= 4 is 28.1 Å². The van der Waals surface area contributed by atoms with Crippen molar-refractivity contribution in [3.05, 3.63) is 48.3 Å². The number of rotatable bonds is 9. The van der Waals surface area contributed by atoms with Crippen LogP contribution in [0.2, 0.25) is 0 Å². The number of aliphatic hydroxyl groups is 2. The third-order valence-corrected chi connectivity index (χ3v) is 6.73. The Bertz CT molecular complexity index is 1120. The summed E-state index contributed by atoms with van der Waals surface area (Å²) in [6.45, 7) is 4.49. The first kappa shape index (κ1) is 22.7. The topological polar surface area (TPSA) is 85.2 Å². The molecule has 1 aliphatic heterocycles. The van der Waals surface area contributed by atoms with Crippen LogP contribution < -0.4 is 19.4 Å². The largest absolute Gasteiger partial charge is 0.495 e. The van der Waals surface area contributed by atoms with Crippen LogP contribution in [0.25, 0.3) is 10.9 Å². The number of ether oxygens (including phenoxy) is 1. The Morgan fingerprint density at radius 1 is 0.941 bits per heavy atom. The van der Waals surface area contributed by atoms with E-state index in [0.29, 0.717) is 19.0 Å². The molecule has 8 heteroatoms. The number of para-hydroxylation sites is 2. The number of hydrogen-bond acceptors (Lipinski definition) is 8. The van der Waals surface area contributed by atoms with Crippen molar-refractivity contribution in [2.75, 3.05) is 74.3 Å². The summed E-state index contributed by atoms with van der Waals surface area (Å²) in [5.74, 6) is 3.31. The molecule has 0 bridgehead atoms. The van der Waals surface area contributed by atoms with Gasteiger partial charge in [-0.3, -0.25) is 0 Å². The SMILES string of the molecule is COc1ccccc1N1CCN(c2nc(C3CC3)nc3ccc(N(CCO)CCO)cc23)CC1. The first-order valence-electron chi connectivity index (χ1n) is 12.1. The van der Waals surface area contributed by atoms with E-state index in [0.717, 1.165) is 78.7 Å². The molecular formula is C26H33N5O3. The minimum atomic E-state index is 0.0346. The number of anilines is 3. The van der Waals surface area contributed by atoms with E-state index in [2.05, 4.69) is 34.1 Å². The quantitative estimate of drug-likeness (QED) is 0.501. The third kappa shape index (κ3) is 4.60. The molecule has 1 aromatic heterocycles. The van der Waals surface area contributed by atoms with Gasteiger partial charge in [0.05, 0.1) is 31.5 Å². The van der Waals surface area contributed by atoms with Crippen molar-refractivity contribution in [2.24, 2.45) is 0 Å². The van der Waals surface area contributed by atoms with E-state index in [4.69, 9.17) is 14.7 Å². The van der Waals surface area contributed by atoms with Crippen molar-refractivity contribution in [2.45, 2.75) is 18.8 Å². The number of methoxy groups -OCH3 is 1. The van der Waals surface area contributed by atoms with Crippen LogP contribution >= 0.6 is 0 Å². The summed E-state index contributed by atoms with van der Waals surface area (Å²) in [7, 11) is 1.72. The molecule has 0 amide bonds. The second-order valence-electron chi connectivity index (χ2n) is 8.96.